The number of halogens is 1. The van der Waals surface area contributed by atoms with E-state index in [4.69, 9.17) is 4.74 Å². The van der Waals surface area contributed by atoms with Gasteiger partial charge in [0.1, 0.15) is 11.6 Å². The second-order valence-electron chi connectivity index (χ2n) is 6.33. The van der Waals surface area contributed by atoms with Crippen LogP contribution < -0.4 is 10.1 Å². The first-order chi connectivity index (χ1) is 11.8. The average Bonchev–Trinajstić information content (AvgIpc) is 3.16. The van der Waals surface area contributed by atoms with Gasteiger partial charge in [0.2, 0.25) is 0 Å². The molecular weight excluding hydrogens is 370 g/mol. The Balaban J connectivity index is 1.42. The van der Waals surface area contributed by atoms with E-state index >= 15 is 0 Å². The van der Waals surface area contributed by atoms with Gasteiger partial charge in [0.25, 0.3) is 0 Å². The molecule has 3 heterocycles. The Morgan fingerprint density at radius 1 is 1.25 bits per heavy atom. The molecule has 0 unspecified atom stereocenters. The summed E-state index contributed by atoms with van der Waals surface area (Å²) in [5.41, 5.74) is 3.21. The van der Waals surface area contributed by atoms with Crippen molar-refractivity contribution in [2.45, 2.75) is 31.7 Å². The maximum atomic E-state index is 5.78. The van der Waals surface area contributed by atoms with Crippen LogP contribution >= 0.6 is 15.9 Å². The van der Waals surface area contributed by atoms with Gasteiger partial charge in [-0.05, 0) is 42.7 Å². The van der Waals surface area contributed by atoms with Gasteiger partial charge >= 0.3 is 0 Å². The Labute approximate surface area is 147 Å². The molecule has 2 aromatic heterocycles. The van der Waals surface area contributed by atoms with Crippen molar-refractivity contribution in [1.82, 2.24) is 19.8 Å². The van der Waals surface area contributed by atoms with E-state index in [1.165, 1.54) is 18.4 Å². The van der Waals surface area contributed by atoms with Crippen molar-refractivity contribution >= 4 is 27.4 Å². The summed E-state index contributed by atoms with van der Waals surface area (Å²) in [7, 11) is 0. The van der Waals surface area contributed by atoms with Gasteiger partial charge in [0.05, 0.1) is 6.61 Å². The minimum Gasteiger partial charge on any atom is -0.493 e. The zero-order chi connectivity index (χ0) is 16.1. The number of nitrogens with zero attached hydrogens (tertiary/aromatic N) is 4. The van der Waals surface area contributed by atoms with Crippen LogP contribution in [-0.4, -0.2) is 26.4 Å². The summed E-state index contributed by atoms with van der Waals surface area (Å²) >= 11 is 3.58. The van der Waals surface area contributed by atoms with Gasteiger partial charge in [0.15, 0.2) is 11.5 Å². The van der Waals surface area contributed by atoms with Crippen LogP contribution in [0.15, 0.2) is 28.7 Å². The number of anilines is 1. The largest absolute Gasteiger partial charge is 0.493 e. The molecule has 0 amide bonds. The predicted octanol–water partition coefficient (Wildman–Crippen LogP) is 3.31. The molecule has 0 bridgehead atoms. The summed E-state index contributed by atoms with van der Waals surface area (Å²) < 4.78 is 8.73. The number of benzene rings is 1. The number of aromatic nitrogens is 4. The Morgan fingerprint density at radius 3 is 3.04 bits per heavy atom. The molecule has 6 nitrogen and oxygen atoms in total. The highest BCUT2D eigenvalue weighted by Crippen LogP contribution is 2.38. The second kappa shape index (κ2) is 5.44. The summed E-state index contributed by atoms with van der Waals surface area (Å²) in [5.74, 6) is 3.32. The number of rotatable bonds is 4. The molecule has 2 aliphatic rings. The molecule has 24 heavy (non-hydrogen) atoms. The standard InChI is InChI=1S/C17H16BrN5O/c18-13-7-11-5-6-24-16(11)12(8-13)9-19-14-3-4-15-20-21-17(10-1-2-10)23(15)22-14/h3-4,7-8,10H,1-2,5-6,9H2,(H,19,22). The summed E-state index contributed by atoms with van der Waals surface area (Å²) in [6.07, 6.45) is 3.33. The predicted molar refractivity (Wildman–Crippen MR) is 93.4 cm³/mol. The zero-order valence-corrected chi connectivity index (χ0v) is 14.6. The summed E-state index contributed by atoms with van der Waals surface area (Å²) in [4.78, 5) is 0. The quantitative estimate of drug-likeness (QED) is 0.746. The molecule has 1 aliphatic carbocycles. The molecule has 3 aromatic rings. The Bertz CT molecular complexity index is 934. The summed E-state index contributed by atoms with van der Waals surface area (Å²) in [5, 5.41) is 16.5. The third-order valence-corrected chi connectivity index (χ3v) is 4.97. The molecule has 0 atom stereocenters. The topological polar surface area (TPSA) is 64.3 Å². The summed E-state index contributed by atoms with van der Waals surface area (Å²) in [6, 6.07) is 8.13. The normalized spacial score (nSPS) is 16.2. The lowest BCUT2D eigenvalue weighted by molar-refractivity contribution is 0.354. The highest BCUT2D eigenvalue weighted by Gasteiger charge is 2.29. The Kier molecular flexibility index (Phi) is 3.22. The molecule has 1 aliphatic heterocycles. The fourth-order valence-electron chi connectivity index (χ4n) is 3.16. The SMILES string of the molecule is Brc1cc2c(c(CNc3ccc4nnc(C5CC5)n4n3)c1)OCC2. The van der Waals surface area contributed by atoms with Gasteiger partial charge in [-0.1, -0.05) is 15.9 Å². The number of hydrogen-bond donors (Lipinski definition) is 1. The van der Waals surface area contributed by atoms with Crippen molar-refractivity contribution in [2.24, 2.45) is 0 Å². The maximum Gasteiger partial charge on any atom is 0.178 e. The number of nitrogens with one attached hydrogen (secondary N) is 1. The third-order valence-electron chi connectivity index (χ3n) is 4.51. The number of ether oxygens (including phenoxy) is 1. The lowest BCUT2D eigenvalue weighted by Gasteiger charge is -2.11. The zero-order valence-electron chi connectivity index (χ0n) is 13.0. The minimum absolute atomic E-state index is 0.518. The fourth-order valence-corrected chi connectivity index (χ4v) is 3.71. The number of fused-ring (bicyclic) bond motifs is 2. The van der Waals surface area contributed by atoms with Gasteiger partial charge in [0, 0.05) is 28.9 Å². The van der Waals surface area contributed by atoms with Crippen LogP contribution in [0.2, 0.25) is 0 Å². The van der Waals surface area contributed by atoms with Crippen LogP contribution in [0.25, 0.3) is 5.65 Å². The monoisotopic (exact) mass is 385 g/mol. The van der Waals surface area contributed by atoms with Crippen LogP contribution in [0.5, 0.6) is 5.75 Å². The highest BCUT2D eigenvalue weighted by atomic mass is 79.9. The van der Waals surface area contributed by atoms with Crippen LogP contribution in [0.1, 0.15) is 35.7 Å². The first-order valence-electron chi connectivity index (χ1n) is 8.18. The second-order valence-corrected chi connectivity index (χ2v) is 7.24. The molecule has 0 saturated heterocycles. The maximum absolute atomic E-state index is 5.78. The van der Waals surface area contributed by atoms with Gasteiger partial charge in [-0.2, -0.15) is 4.52 Å². The third kappa shape index (κ3) is 2.43. The molecule has 5 rings (SSSR count). The lowest BCUT2D eigenvalue weighted by Crippen LogP contribution is -2.06. The van der Waals surface area contributed by atoms with E-state index < -0.39 is 0 Å². The van der Waals surface area contributed by atoms with E-state index in [-0.39, 0.29) is 0 Å². The van der Waals surface area contributed by atoms with Gasteiger partial charge in [-0.25, -0.2) is 0 Å². The van der Waals surface area contributed by atoms with Gasteiger partial charge in [-0.3, -0.25) is 0 Å². The van der Waals surface area contributed by atoms with E-state index in [9.17, 15) is 0 Å². The molecule has 1 fully saturated rings. The van der Waals surface area contributed by atoms with Crippen LogP contribution in [0.3, 0.4) is 0 Å². The molecule has 0 spiro atoms. The van der Waals surface area contributed by atoms with Crippen molar-refractivity contribution < 1.29 is 4.74 Å². The van der Waals surface area contributed by atoms with Crippen molar-refractivity contribution in [3.63, 3.8) is 0 Å². The highest BCUT2D eigenvalue weighted by molar-refractivity contribution is 9.10. The van der Waals surface area contributed by atoms with E-state index in [2.05, 4.69) is 48.7 Å². The summed E-state index contributed by atoms with van der Waals surface area (Å²) in [6.45, 7) is 1.43. The van der Waals surface area contributed by atoms with Gasteiger partial charge < -0.3 is 10.1 Å². The molecule has 1 saturated carbocycles. The molecule has 122 valence electrons. The van der Waals surface area contributed by atoms with Crippen molar-refractivity contribution in [3.05, 3.63) is 45.7 Å². The van der Waals surface area contributed by atoms with Crippen molar-refractivity contribution in [2.75, 3.05) is 11.9 Å². The smallest absolute Gasteiger partial charge is 0.178 e. The Morgan fingerprint density at radius 2 is 2.17 bits per heavy atom. The molecule has 7 heteroatoms. The average molecular weight is 386 g/mol. The Hall–Kier alpha value is -2.15. The minimum atomic E-state index is 0.518. The van der Waals surface area contributed by atoms with E-state index in [1.54, 1.807) is 0 Å². The lowest BCUT2D eigenvalue weighted by atomic mass is 10.1. The molecule has 1 aromatic carbocycles. The fraction of sp³-hybridized carbons (Fsp3) is 0.353. The molecule has 0 radical (unpaired) electrons. The number of hydrogen-bond acceptors (Lipinski definition) is 5. The van der Waals surface area contributed by atoms with Crippen LogP contribution in [0.4, 0.5) is 5.82 Å². The molecular formula is C17H16BrN5O. The van der Waals surface area contributed by atoms with Gasteiger partial charge in [-0.15, -0.1) is 15.3 Å². The first kappa shape index (κ1) is 14.2. The van der Waals surface area contributed by atoms with Crippen LogP contribution in [-0.2, 0) is 13.0 Å². The van der Waals surface area contributed by atoms with Crippen molar-refractivity contribution in [1.29, 1.82) is 0 Å². The molecule has 1 N–H and O–H groups in total. The van der Waals surface area contributed by atoms with E-state index in [1.807, 2.05) is 16.6 Å². The van der Waals surface area contributed by atoms with Crippen LogP contribution in [0, 0.1) is 0 Å². The first-order valence-corrected chi connectivity index (χ1v) is 8.97. The van der Waals surface area contributed by atoms with Crippen molar-refractivity contribution in [3.8, 4) is 5.75 Å². The van der Waals surface area contributed by atoms with E-state index in [0.29, 0.717) is 12.5 Å². The van der Waals surface area contributed by atoms with E-state index in [0.717, 1.165) is 46.1 Å².